The lowest BCUT2D eigenvalue weighted by molar-refractivity contribution is 0.0599. The van der Waals surface area contributed by atoms with Crippen molar-refractivity contribution in [1.29, 1.82) is 0 Å². The lowest BCUT2D eigenvalue weighted by Gasteiger charge is -2.33. The summed E-state index contributed by atoms with van der Waals surface area (Å²) in [4.78, 5) is 16.9. The van der Waals surface area contributed by atoms with E-state index in [4.69, 9.17) is 9.47 Å². The maximum atomic E-state index is 12.3. The Morgan fingerprint density at radius 2 is 2.06 bits per heavy atom. The number of carbonyl (C=O) groups is 1. The molecule has 3 heterocycles. The van der Waals surface area contributed by atoms with E-state index in [2.05, 4.69) is 23.1 Å². The smallest absolute Gasteiger partial charge is 0.263 e. The predicted octanol–water partition coefficient (Wildman–Crippen LogP) is 4.55. The summed E-state index contributed by atoms with van der Waals surface area (Å²) >= 11 is 1.47. The van der Waals surface area contributed by atoms with Crippen molar-refractivity contribution in [1.82, 2.24) is 9.80 Å². The molecule has 5 rings (SSSR count). The summed E-state index contributed by atoms with van der Waals surface area (Å²) in [6, 6.07) is 14.4. The van der Waals surface area contributed by atoms with Crippen LogP contribution in [0.4, 0.5) is 0 Å². The Labute approximate surface area is 211 Å². The average molecular weight is 495 g/mol. The van der Waals surface area contributed by atoms with Crippen molar-refractivity contribution in [2.45, 2.75) is 37.7 Å². The molecule has 1 N–H and O–H groups in total. The summed E-state index contributed by atoms with van der Waals surface area (Å²) < 4.78 is 12.8. The molecule has 1 fully saturated rings. The number of ether oxygens (including phenoxy) is 2. The van der Waals surface area contributed by atoms with Gasteiger partial charge in [0, 0.05) is 30.7 Å². The zero-order valence-corrected chi connectivity index (χ0v) is 21.4. The molecule has 7 heteroatoms. The number of aliphatic hydroxyl groups excluding tert-OH is 1. The van der Waals surface area contributed by atoms with E-state index in [1.807, 2.05) is 24.3 Å². The van der Waals surface area contributed by atoms with Crippen molar-refractivity contribution < 1.29 is 19.4 Å². The third kappa shape index (κ3) is 5.47. The van der Waals surface area contributed by atoms with Gasteiger partial charge in [-0.3, -0.25) is 4.79 Å². The van der Waals surface area contributed by atoms with Crippen LogP contribution in [0.1, 0.15) is 46.0 Å². The number of aliphatic hydroxyl groups is 1. The van der Waals surface area contributed by atoms with Gasteiger partial charge in [-0.2, -0.15) is 0 Å². The van der Waals surface area contributed by atoms with E-state index in [-0.39, 0.29) is 12.5 Å². The lowest BCUT2D eigenvalue weighted by atomic mass is 9.87. The fourth-order valence-corrected chi connectivity index (χ4v) is 6.21. The van der Waals surface area contributed by atoms with Crippen molar-refractivity contribution >= 4 is 27.3 Å². The molecule has 2 aromatic carbocycles. The highest BCUT2D eigenvalue weighted by Gasteiger charge is 2.24. The molecule has 3 aromatic rings. The molecule has 0 radical (unpaired) electrons. The minimum atomic E-state index is -0.566. The topological polar surface area (TPSA) is 62.2 Å². The number of aryl methyl sites for hydroxylation is 1. The van der Waals surface area contributed by atoms with Gasteiger partial charge in [0.2, 0.25) is 0 Å². The van der Waals surface area contributed by atoms with Crippen LogP contribution in [-0.4, -0.2) is 73.9 Å². The molecular formula is C28H34N2O4S. The van der Waals surface area contributed by atoms with Gasteiger partial charge in [-0.15, -0.1) is 11.3 Å². The number of fused-ring (bicyclic) bond motifs is 2. The first-order valence-corrected chi connectivity index (χ1v) is 13.3. The minimum Gasteiger partial charge on any atom is -0.493 e. The fraction of sp³-hybridized carbons (Fsp3) is 0.464. The number of β-amino-alcohol motifs (C(OH)–C–C–N with tert-alkyl or cyclic N) is 1. The van der Waals surface area contributed by atoms with Gasteiger partial charge in [-0.1, -0.05) is 18.2 Å². The van der Waals surface area contributed by atoms with Gasteiger partial charge in [0.05, 0.1) is 11.5 Å². The number of amides is 1. The van der Waals surface area contributed by atoms with Crippen molar-refractivity contribution in [2.75, 3.05) is 46.9 Å². The van der Waals surface area contributed by atoms with E-state index in [0.29, 0.717) is 23.1 Å². The monoisotopic (exact) mass is 494 g/mol. The summed E-state index contributed by atoms with van der Waals surface area (Å²) in [5.41, 5.74) is 2.77. The van der Waals surface area contributed by atoms with Gasteiger partial charge in [-0.25, -0.2) is 0 Å². The standard InChI is InChI=1S/C28H34N2O4S/c1-29(2)28(32)27-16-23-25(6-3-7-26(23)35-27)34-18-22(31)17-30-12-10-19(11-13-30)20-8-9-24-21(15-20)5-4-14-33-24/h3,6-9,15-16,19,22,31H,4-5,10-14,17-18H2,1-2H3/t22-/m0/s1. The van der Waals surface area contributed by atoms with E-state index >= 15 is 0 Å². The number of nitrogens with zero attached hydrogens (tertiary/aromatic N) is 2. The fourth-order valence-electron chi connectivity index (χ4n) is 5.11. The summed E-state index contributed by atoms with van der Waals surface area (Å²) in [5, 5.41) is 11.6. The molecule has 1 saturated heterocycles. The highest BCUT2D eigenvalue weighted by atomic mass is 32.1. The van der Waals surface area contributed by atoms with Crippen LogP contribution in [0.2, 0.25) is 0 Å². The molecule has 2 aliphatic rings. The molecule has 6 nitrogen and oxygen atoms in total. The van der Waals surface area contributed by atoms with Crippen LogP contribution < -0.4 is 9.47 Å². The van der Waals surface area contributed by atoms with Gasteiger partial charge in [0.15, 0.2) is 0 Å². The van der Waals surface area contributed by atoms with E-state index < -0.39 is 6.10 Å². The lowest BCUT2D eigenvalue weighted by Crippen LogP contribution is -2.40. The summed E-state index contributed by atoms with van der Waals surface area (Å²) in [7, 11) is 3.51. The minimum absolute atomic E-state index is 0.00990. The SMILES string of the molecule is CN(C)C(=O)c1cc2c(OC[C@@H](O)CN3CCC(c4ccc5c(c4)CCCO5)CC3)cccc2s1. The summed E-state index contributed by atoms with van der Waals surface area (Å²) in [6.45, 7) is 3.62. The summed E-state index contributed by atoms with van der Waals surface area (Å²) in [6.07, 6.45) is 3.85. The van der Waals surface area contributed by atoms with Gasteiger partial charge in [-0.05, 0) is 80.1 Å². The Morgan fingerprint density at radius 1 is 1.23 bits per heavy atom. The maximum Gasteiger partial charge on any atom is 0.263 e. The van der Waals surface area contributed by atoms with Gasteiger partial charge in [0.1, 0.15) is 24.2 Å². The zero-order chi connectivity index (χ0) is 24.4. The molecule has 1 atom stereocenters. The van der Waals surface area contributed by atoms with E-state index in [1.54, 1.807) is 19.0 Å². The predicted molar refractivity (Wildman–Crippen MR) is 140 cm³/mol. The highest BCUT2D eigenvalue weighted by Crippen LogP contribution is 2.34. The number of hydrogen-bond donors (Lipinski definition) is 1. The van der Waals surface area contributed by atoms with E-state index in [1.165, 1.54) is 22.5 Å². The third-order valence-corrected chi connectivity index (χ3v) is 8.12. The van der Waals surface area contributed by atoms with Crippen molar-refractivity contribution in [3.8, 4) is 11.5 Å². The molecule has 2 aliphatic heterocycles. The molecule has 186 valence electrons. The molecule has 1 aromatic heterocycles. The van der Waals surface area contributed by atoms with Crippen LogP contribution in [0.5, 0.6) is 11.5 Å². The van der Waals surface area contributed by atoms with Crippen molar-refractivity contribution in [2.24, 2.45) is 0 Å². The molecular weight excluding hydrogens is 460 g/mol. The number of carbonyl (C=O) groups excluding carboxylic acids is 1. The normalized spacial score (nSPS) is 17.6. The first-order chi connectivity index (χ1) is 17.0. The van der Waals surface area contributed by atoms with Crippen molar-refractivity contribution in [3.63, 3.8) is 0 Å². The number of piperidine rings is 1. The molecule has 1 amide bonds. The number of rotatable bonds is 7. The second-order valence-electron chi connectivity index (χ2n) is 9.84. The molecule has 0 unspecified atom stereocenters. The van der Waals surface area contributed by atoms with E-state index in [0.717, 1.165) is 61.2 Å². The second-order valence-corrected chi connectivity index (χ2v) is 10.9. The highest BCUT2D eigenvalue weighted by molar-refractivity contribution is 7.20. The number of hydrogen-bond acceptors (Lipinski definition) is 6. The zero-order valence-electron chi connectivity index (χ0n) is 20.5. The van der Waals surface area contributed by atoms with Crippen LogP contribution >= 0.6 is 11.3 Å². The van der Waals surface area contributed by atoms with Crippen LogP contribution in [0.15, 0.2) is 42.5 Å². The Hall–Kier alpha value is -2.61. The van der Waals surface area contributed by atoms with Gasteiger partial charge >= 0.3 is 0 Å². The molecule has 0 saturated carbocycles. The Kier molecular flexibility index (Phi) is 7.27. The first kappa shape index (κ1) is 24.1. The first-order valence-electron chi connectivity index (χ1n) is 12.5. The quantitative estimate of drug-likeness (QED) is 0.522. The van der Waals surface area contributed by atoms with Crippen LogP contribution in [0.3, 0.4) is 0 Å². The molecule has 0 spiro atoms. The maximum absolute atomic E-state index is 12.3. The molecule has 0 aliphatic carbocycles. The van der Waals surface area contributed by atoms with Crippen LogP contribution in [0.25, 0.3) is 10.1 Å². The Bertz CT molecular complexity index is 1180. The van der Waals surface area contributed by atoms with Crippen molar-refractivity contribution in [3.05, 3.63) is 58.5 Å². The van der Waals surface area contributed by atoms with E-state index in [9.17, 15) is 9.90 Å². The third-order valence-electron chi connectivity index (χ3n) is 7.03. The second kappa shape index (κ2) is 10.6. The Balaban J connectivity index is 1.13. The average Bonchev–Trinajstić information content (AvgIpc) is 3.32. The van der Waals surface area contributed by atoms with Gasteiger partial charge < -0.3 is 24.4 Å². The van der Waals surface area contributed by atoms with Crippen LogP contribution in [0, 0.1) is 0 Å². The summed E-state index contributed by atoms with van der Waals surface area (Å²) in [5.74, 6) is 2.33. The number of thiophene rings is 1. The molecule has 35 heavy (non-hydrogen) atoms. The molecule has 0 bridgehead atoms. The Morgan fingerprint density at radius 3 is 2.86 bits per heavy atom. The van der Waals surface area contributed by atoms with Gasteiger partial charge in [0.25, 0.3) is 5.91 Å². The van der Waals surface area contributed by atoms with Crippen LogP contribution in [-0.2, 0) is 6.42 Å². The number of likely N-dealkylation sites (tertiary alicyclic amines) is 1. The number of benzene rings is 2. The largest absolute Gasteiger partial charge is 0.493 e.